The van der Waals surface area contributed by atoms with Gasteiger partial charge in [-0.15, -0.1) is 0 Å². The van der Waals surface area contributed by atoms with Gasteiger partial charge in [0.1, 0.15) is 30.5 Å². The molecule has 0 fully saturated rings. The fourth-order valence-corrected chi connectivity index (χ4v) is 1.82. The zero-order valence-corrected chi connectivity index (χ0v) is 12.1. The Kier molecular flexibility index (Phi) is 6.03. The quantitative estimate of drug-likeness (QED) is 0.756. The summed E-state index contributed by atoms with van der Waals surface area (Å²) in [5, 5.41) is 3.27. The van der Waals surface area contributed by atoms with Gasteiger partial charge in [0.05, 0.1) is 0 Å². The van der Waals surface area contributed by atoms with Gasteiger partial charge >= 0.3 is 0 Å². The average molecular weight is 289 g/mol. The van der Waals surface area contributed by atoms with Crippen LogP contribution in [0, 0.1) is 5.82 Å². The third-order valence-electron chi connectivity index (χ3n) is 2.94. The molecule has 0 aliphatic rings. The van der Waals surface area contributed by atoms with E-state index in [4.69, 9.17) is 9.47 Å². The summed E-state index contributed by atoms with van der Waals surface area (Å²) < 4.78 is 23.8. The highest BCUT2D eigenvalue weighted by molar-refractivity contribution is 5.27. The Morgan fingerprint density at radius 2 is 1.38 bits per heavy atom. The highest BCUT2D eigenvalue weighted by atomic mass is 19.1. The van der Waals surface area contributed by atoms with Crippen molar-refractivity contribution in [1.82, 2.24) is 5.32 Å². The summed E-state index contributed by atoms with van der Waals surface area (Å²) in [5.41, 5.74) is 1.23. The number of halogens is 1. The van der Waals surface area contributed by atoms with Gasteiger partial charge in [0.25, 0.3) is 0 Å². The van der Waals surface area contributed by atoms with Gasteiger partial charge in [-0.2, -0.15) is 0 Å². The monoisotopic (exact) mass is 289 g/mol. The van der Waals surface area contributed by atoms with Gasteiger partial charge in [0, 0.05) is 6.54 Å². The number of ether oxygens (including phenoxy) is 2. The first kappa shape index (κ1) is 15.3. The fourth-order valence-electron chi connectivity index (χ4n) is 1.82. The summed E-state index contributed by atoms with van der Waals surface area (Å²) in [6, 6.07) is 13.9. The van der Waals surface area contributed by atoms with Crippen molar-refractivity contribution in [2.45, 2.75) is 13.5 Å². The van der Waals surface area contributed by atoms with Crippen LogP contribution >= 0.6 is 0 Å². The molecule has 0 amide bonds. The molecule has 0 aliphatic carbocycles. The molecule has 0 aliphatic heterocycles. The third kappa shape index (κ3) is 5.44. The summed E-state index contributed by atoms with van der Waals surface area (Å²) in [4.78, 5) is 0. The Morgan fingerprint density at radius 1 is 0.857 bits per heavy atom. The molecule has 0 saturated carbocycles. The maximum absolute atomic E-state index is 12.7. The molecule has 21 heavy (non-hydrogen) atoms. The minimum Gasteiger partial charge on any atom is -0.490 e. The zero-order chi connectivity index (χ0) is 14.9. The van der Waals surface area contributed by atoms with E-state index in [1.165, 1.54) is 17.7 Å². The fraction of sp³-hybridized carbons (Fsp3) is 0.294. The van der Waals surface area contributed by atoms with E-state index in [0.29, 0.717) is 19.0 Å². The van der Waals surface area contributed by atoms with Crippen LogP contribution in [0.5, 0.6) is 11.5 Å². The molecular weight excluding hydrogens is 269 g/mol. The van der Waals surface area contributed by atoms with Crippen LogP contribution in [-0.4, -0.2) is 19.8 Å². The molecule has 2 rings (SSSR count). The predicted octanol–water partition coefficient (Wildman–Crippen LogP) is 3.39. The largest absolute Gasteiger partial charge is 0.490 e. The van der Waals surface area contributed by atoms with Gasteiger partial charge in [-0.25, -0.2) is 4.39 Å². The standard InChI is InChI=1S/C17H20FNO2/c1-2-19-13-14-3-7-16(8-4-14)20-11-12-21-17-9-5-15(18)6-10-17/h3-10,19H,2,11-13H2,1H3. The number of benzene rings is 2. The summed E-state index contributed by atoms with van der Waals surface area (Å²) in [7, 11) is 0. The lowest BCUT2D eigenvalue weighted by Crippen LogP contribution is -2.11. The van der Waals surface area contributed by atoms with Crippen LogP contribution in [-0.2, 0) is 6.54 Å². The number of hydrogen-bond donors (Lipinski definition) is 1. The number of hydrogen-bond acceptors (Lipinski definition) is 3. The molecule has 3 nitrogen and oxygen atoms in total. The van der Waals surface area contributed by atoms with E-state index >= 15 is 0 Å². The highest BCUT2D eigenvalue weighted by Crippen LogP contribution is 2.13. The van der Waals surface area contributed by atoms with Gasteiger partial charge in [0.15, 0.2) is 0 Å². The molecule has 2 aromatic rings. The van der Waals surface area contributed by atoms with Gasteiger partial charge in [-0.1, -0.05) is 19.1 Å². The maximum Gasteiger partial charge on any atom is 0.123 e. The molecule has 4 heteroatoms. The Labute approximate surface area is 124 Å². The van der Waals surface area contributed by atoms with Crippen molar-refractivity contribution in [3.63, 3.8) is 0 Å². The molecule has 0 atom stereocenters. The highest BCUT2D eigenvalue weighted by Gasteiger charge is 1.97. The molecular formula is C17H20FNO2. The minimum atomic E-state index is -0.267. The van der Waals surface area contributed by atoms with Crippen molar-refractivity contribution in [3.05, 3.63) is 59.9 Å². The summed E-state index contributed by atoms with van der Waals surface area (Å²) in [6.45, 7) is 4.77. The van der Waals surface area contributed by atoms with Crippen molar-refractivity contribution in [1.29, 1.82) is 0 Å². The molecule has 1 N–H and O–H groups in total. The molecule has 0 radical (unpaired) electrons. The van der Waals surface area contributed by atoms with E-state index < -0.39 is 0 Å². The van der Waals surface area contributed by atoms with Crippen LogP contribution in [0.15, 0.2) is 48.5 Å². The maximum atomic E-state index is 12.7. The second-order valence-corrected chi connectivity index (χ2v) is 4.58. The van der Waals surface area contributed by atoms with E-state index in [0.717, 1.165) is 18.8 Å². The lowest BCUT2D eigenvalue weighted by molar-refractivity contribution is 0.217. The number of rotatable bonds is 8. The number of nitrogens with one attached hydrogen (secondary N) is 1. The van der Waals surface area contributed by atoms with Crippen LogP contribution < -0.4 is 14.8 Å². The zero-order valence-electron chi connectivity index (χ0n) is 12.1. The summed E-state index contributed by atoms with van der Waals surface area (Å²) >= 11 is 0. The Morgan fingerprint density at radius 3 is 1.90 bits per heavy atom. The van der Waals surface area contributed by atoms with Gasteiger partial charge in [-0.05, 0) is 48.5 Å². The lowest BCUT2D eigenvalue weighted by Gasteiger charge is -2.09. The van der Waals surface area contributed by atoms with Crippen LogP contribution in [0.3, 0.4) is 0 Å². The lowest BCUT2D eigenvalue weighted by atomic mass is 10.2. The first-order valence-corrected chi connectivity index (χ1v) is 7.09. The molecule has 0 heterocycles. The van der Waals surface area contributed by atoms with E-state index in [-0.39, 0.29) is 5.82 Å². The molecule has 0 bridgehead atoms. The van der Waals surface area contributed by atoms with Gasteiger partial charge in [-0.3, -0.25) is 0 Å². The van der Waals surface area contributed by atoms with Crippen LogP contribution in [0.2, 0.25) is 0 Å². The molecule has 0 unspecified atom stereocenters. The Bertz CT molecular complexity index is 525. The first-order valence-electron chi connectivity index (χ1n) is 7.09. The molecule has 0 aromatic heterocycles. The van der Waals surface area contributed by atoms with E-state index in [1.54, 1.807) is 12.1 Å². The van der Waals surface area contributed by atoms with Crippen LogP contribution in [0.1, 0.15) is 12.5 Å². The van der Waals surface area contributed by atoms with Crippen molar-refractivity contribution in [2.75, 3.05) is 19.8 Å². The van der Waals surface area contributed by atoms with Crippen molar-refractivity contribution in [2.24, 2.45) is 0 Å². The molecule has 0 spiro atoms. The summed E-state index contributed by atoms with van der Waals surface area (Å²) in [6.07, 6.45) is 0. The summed E-state index contributed by atoms with van der Waals surface area (Å²) in [5.74, 6) is 1.19. The second-order valence-electron chi connectivity index (χ2n) is 4.58. The SMILES string of the molecule is CCNCc1ccc(OCCOc2ccc(F)cc2)cc1. The van der Waals surface area contributed by atoms with Gasteiger partial charge < -0.3 is 14.8 Å². The van der Waals surface area contributed by atoms with Crippen molar-refractivity contribution < 1.29 is 13.9 Å². The minimum absolute atomic E-state index is 0.267. The predicted molar refractivity (Wildman–Crippen MR) is 81.2 cm³/mol. The van der Waals surface area contributed by atoms with Crippen molar-refractivity contribution in [3.8, 4) is 11.5 Å². The normalized spacial score (nSPS) is 10.4. The smallest absolute Gasteiger partial charge is 0.123 e. The Hall–Kier alpha value is -2.07. The second kappa shape index (κ2) is 8.27. The Balaban J connectivity index is 1.69. The van der Waals surface area contributed by atoms with E-state index in [1.807, 2.05) is 24.3 Å². The third-order valence-corrected chi connectivity index (χ3v) is 2.94. The first-order chi connectivity index (χ1) is 10.3. The average Bonchev–Trinajstić information content (AvgIpc) is 2.52. The van der Waals surface area contributed by atoms with E-state index in [2.05, 4.69) is 12.2 Å². The molecule has 0 saturated heterocycles. The van der Waals surface area contributed by atoms with Crippen molar-refractivity contribution >= 4 is 0 Å². The molecule has 2 aromatic carbocycles. The van der Waals surface area contributed by atoms with Crippen LogP contribution in [0.4, 0.5) is 4.39 Å². The van der Waals surface area contributed by atoms with E-state index in [9.17, 15) is 4.39 Å². The molecule has 112 valence electrons. The topological polar surface area (TPSA) is 30.5 Å². The van der Waals surface area contributed by atoms with Crippen LogP contribution in [0.25, 0.3) is 0 Å². The van der Waals surface area contributed by atoms with Gasteiger partial charge in [0.2, 0.25) is 0 Å².